The van der Waals surface area contributed by atoms with Crippen LogP contribution in [0.5, 0.6) is 0 Å². The third kappa shape index (κ3) is 3.99. The molecule has 10 heteroatoms. The maximum atomic E-state index is 13.1. The Morgan fingerprint density at radius 3 is 2.40 bits per heavy atom. The summed E-state index contributed by atoms with van der Waals surface area (Å²) < 4.78 is 13.1. The van der Waals surface area contributed by atoms with Gasteiger partial charge in [-0.3, -0.25) is 19.7 Å². The standard InChI is InChI=1S/C20H20FN5O4/c21-13-1-3-15(4-2-13)25-19(27)11-17(20(25)28)23-14-7-9-24(10-8-14)18-6-5-16(12-22-18)26(29)30/h1-6,12,14,17,23H,7-11H2. The first-order valence-electron chi connectivity index (χ1n) is 9.66. The summed E-state index contributed by atoms with van der Waals surface area (Å²) in [5, 5.41) is 14.0. The average Bonchev–Trinajstić information content (AvgIpc) is 3.02. The number of carbonyl (C=O) groups is 2. The topological polar surface area (TPSA) is 109 Å². The summed E-state index contributed by atoms with van der Waals surface area (Å²) in [5.74, 6) is -0.391. The number of benzene rings is 1. The van der Waals surface area contributed by atoms with Crippen LogP contribution in [0.3, 0.4) is 0 Å². The molecule has 0 bridgehead atoms. The number of rotatable bonds is 5. The van der Waals surface area contributed by atoms with Gasteiger partial charge in [-0.15, -0.1) is 0 Å². The fourth-order valence-electron chi connectivity index (χ4n) is 3.86. The van der Waals surface area contributed by atoms with Crippen molar-refractivity contribution in [2.45, 2.75) is 31.3 Å². The zero-order chi connectivity index (χ0) is 21.3. The molecule has 9 nitrogen and oxygen atoms in total. The van der Waals surface area contributed by atoms with Crippen LogP contribution in [0.2, 0.25) is 0 Å². The number of anilines is 2. The zero-order valence-electron chi connectivity index (χ0n) is 16.0. The molecule has 2 fully saturated rings. The van der Waals surface area contributed by atoms with Crippen molar-refractivity contribution in [3.63, 3.8) is 0 Å². The number of halogens is 1. The molecule has 0 aliphatic carbocycles. The molecule has 2 aromatic rings. The zero-order valence-corrected chi connectivity index (χ0v) is 16.0. The van der Waals surface area contributed by atoms with Crippen molar-refractivity contribution in [1.29, 1.82) is 0 Å². The second-order valence-corrected chi connectivity index (χ2v) is 7.36. The molecule has 1 aromatic carbocycles. The van der Waals surface area contributed by atoms with Gasteiger partial charge in [-0.05, 0) is 43.2 Å². The lowest BCUT2D eigenvalue weighted by Gasteiger charge is -2.34. The molecule has 1 atom stereocenters. The van der Waals surface area contributed by atoms with E-state index in [0.717, 1.165) is 17.7 Å². The van der Waals surface area contributed by atoms with E-state index in [0.29, 0.717) is 24.6 Å². The van der Waals surface area contributed by atoms with Crippen LogP contribution in [0.1, 0.15) is 19.3 Å². The molecular weight excluding hydrogens is 393 g/mol. The van der Waals surface area contributed by atoms with Gasteiger partial charge in [0.25, 0.3) is 11.6 Å². The van der Waals surface area contributed by atoms with Crippen LogP contribution in [0.4, 0.5) is 21.6 Å². The first-order valence-corrected chi connectivity index (χ1v) is 9.66. The van der Waals surface area contributed by atoms with E-state index in [2.05, 4.69) is 10.3 Å². The monoisotopic (exact) mass is 413 g/mol. The molecule has 3 heterocycles. The lowest BCUT2D eigenvalue weighted by atomic mass is 10.0. The molecule has 1 N–H and O–H groups in total. The van der Waals surface area contributed by atoms with Crippen molar-refractivity contribution < 1.29 is 18.9 Å². The molecule has 2 aliphatic rings. The number of pyridine rings is 1. The number of carbonyl (C=O) groups excluding carboxylic acids is 2. The summed E-state index contributed by atoms with van der Waals surface area (Å²) in [5.41, 5.74) is 0.320. The molecular formula is C20H20FN5O4. The molecule has 0 radical (unpaired) electrons. The van der Waals surface area contributed by atoms with Gasteiger partial charge in [-0.2, -0.15) is 0 Å². The van der Waals surface area contributed by atoms with Crippen LogP contribution in [-0.2, 0) is 9.59 Å². The number of nitrogens with zero attached hydrogens (tertiary/aromatic N) is 4. The highest BCUT2D eigenvalue weighted by Gasteiger charge is 2.40. The van der Waals surface area contributed by atoms with E-state index in [9.17, 15) is 24.1 Å². The smallest absolute Gasteiger partial charge is 0.287 e. The second kappa shape index (κ2) is 8.15. The first kappa shape index (κ1) is 19.9. The number of hydrogen-bond donors (Lipinski definition) is 1. The van der Waals surface area contributed by atoms with Crippen molar-refractivity contribution in [2.75, 3.05) is 22.9 Å². The Balaban J connectivity index is 1.34. The highest BCUT2D eigenvalue weighted by molar-refractivity contribution is 6.22. The molecule has 0 spiro atoms. The Morgan fingerprint density at radius 1 is 1.10 bits per heavy atom. The summed E-state index contributed by atoms with van der Waals surface area (Å²) in [6, 6.07) is 7.81. The fraction of sp³-hybridized carbons (Fsp3) is 0.350. The summed E-state index contributed by atoms with van der Waals surface area (Å²) in [7, 11) is 0. The van der Waals surface area contributed by atoms with Crippen LogP contribution >= 0.6 is 0 Å². The quantitative estimate of drug-likeness (QED) is 0.454. The Morgan fingerprint density at radius 2 is 1.80 bits per heavy atom. The van der Waals surface area contributed by atoms with Crippen molar-refractivity contribution in [2.24, 2.45) is 0 Å². The van der Waals surface area contributed by atoms with Gasteiger partial charge in [0.15, 0.2) is 0 Å². The Labute approximate surface area is 171 Å². The van der Waals surface area contributed by atoms with E-state index in [1.165, 1.54) is 36.5 Å². The number of nitrogens with one attached hydrogen (secondary N) is 1. The van der Waals surface area contributed by atoms with Gasteiger partial charge in [0.2, 0.25) is 5.91 Å². The summed E-state index contributed by atoms with van der Waals surface area (Å²) in [4.78, 5) is 42.6. The number of imide groups is 1. The molecule has 156 valence electrons. The highest BCUT2D eigenvalue weighted by atomic mass is 19.1. The maximum Gasteiger partial charge on any atom is 0.287 e. The SMILES string of the molecule is O=C1CC(NC2CCN(c3ccc([N+](=O)[O-])cn3)CC2)C(=O)N1c1ccc(F)cc1. The van der Waals surface area contributed by atoms with E-state index in [4.69, 9.17) is 0 Å². The van der Waals surface area contributed by atoms with E-state index in [-0.39, 0.29) is 30.0 Å². The third-order valence-electron chi connectivity index (χ3n) is 5.43. The number of aromatic nitrogens is 1. The highest BCUT2D eigenvalue weighted by Crippen LogP contribution is 2.25. The van der Waals surface area contributed by atoms with Gasteiger partial charge in [0, 0.05) is 25.2 Å². The number of hydrogen-bond acceptors (Lipinski definition) is 7. The van der Waals surface area contributed by atoms with Gasteiger partial charge in [-0.1, -0.05) is 0 Å². The Kier molecular flexibility index (Phi) is 5.40. The second-order valence-electron chi connectivity index (χ2n) is 7.36. The van der Waals surface area contributed by atoms with Gasteiger partial charge in [0.05, 0.1) is 23.1 Å². The predicted octanol–water partition coefficient (Wildman–Crippen LogP) is 2.02. The minimum atomic E-state index is -0.600. The summed E-state index contributed by atoms with van der Waals surface area (Å²) in [6.07, 6.45) is 2.80. The van der Waals surface area contributed by atoms with Crippen molar-refractivity contribution in [3.05, 3.63) is 58.5 Å². The van der Waals surface area contributed by atoms with Crippen LogP contribution in [-0.4, -0.2) is 46.9 Å². The molecule has 2 aliphatic heterocycles. The van der Waals surface area contributed by atoms with Gasteiger partial charge < -0.3 is 10.2 Å². The van der Waals surface area contributed by atoms with Gasteiger partial charge in [-0.25, -0.2) is 14.3 Å². The van der Waals surface area contributed by atoms with Crippen LogP contribution < -0.4 is 15.1 Å². The molecule has 0 saturated carbocycles. The van der Waals surface area contributed by atoms with Crippen LogP contribution in [0.25, 0.3) is 0 Å². The number of amides is 2. The molecule has 1 unspecified atom stereocenters. The van der Waals surface area contributed by atoms with E-state index < -0.39 is 16.8 Å². The molecule has 2 saturated heterocycles. The fourth-order valence-corrected chi connectivity index (χ4v) is 3.86. The minimum Gasteiger partial charge on any atom is -0.356 e. The Hall–Kier alpha value is -3.40. The maximum absolute atomic E-state index is 13.1. The van der Waals surface area contributed by atoms with Crippen molar-refractivity contribution in [3.8, 4) is 0 Å². The van der Waals surface area contributed by atoms with Crippen molar-refractivity contribution >= 4 is 29.0 Å². The van der Waals surface area contributed by atoms with Gasteiger partial charge >= 0.3 is 0 Å². The predicted molar refractivity (Wildman–Crippen MR) is 107 cm³/mol. The lowest BCUT2D eigenvalue weighted by molar-refractivity contribution is -0.385. The average molecular weight is 413 g/mol. The molecule has 30 heavy (non-hydrogen) atoms. The first-order chi connectivity index (χ1) is 14.4. The summed E-state index contributed by atoms with van der Waals surface area (Å²) in [6.45, 7) is 1.36. The van der Waals surface area contributed by atoms with E-state index in [1.54, 1.807) is 6.07 Å². The molecule has 1 aromatic heterocycles. The number of nitro groups is 1. The lowest BCUT2D eigenvalue weighted by Crippen LogP contribution is -2.49. The normalized spacial score (nSPS) is 20.1. The van der Waals surface area contributed by atoms with Crippen LogP contribution in [0, 0.1) is 15.9 Å². The third-order valence-corrected chi connectivity index (χ3v) is 5.43. The van der Waals surface area contributed by atoms with E-state index >= 15 is 0 Å². The minimum absolute atomic E-state index is 0.0505. The largest absolute Gasteiger partial charge is 0.356 e. The van der Waals surface area contributed by atoms with Crippen molar-refractivity contribution in [1.82, 2.24) is 10.3 Å². The van der Waals surface area contributed by atoms with E-state index in [1.807, 2.05) is 4.90 Å². The van der Waals surface area contributed by atoms with Crippen LogP contribution in [0.15, 0.2) is 42.6 Å². The molecule has 2 amide bonds. The Bertz CT molecular complexity index is 958. The van der Waals surface area contributed by atoms with Gasteiger partial charge in [0.1, 0.15) is 17.8 Å². The number of piperidine rings is 1. The molecule has 4 rings (SSSR count). The summed E-state index contributed by atoms with van der Waals surface area (Å²) >= 11 is 0.